The van der Waals surface area contributed by atoms with Crippen molar-refractivity contribution in [2.75, 3.05) is 36.4 Å². The largest absolute Gasteiger partial charge is 0.506 e. The number of para-hydroxylation sites is 2. The van der Waals surface area contributed by atoms with E-state index in [0.717, 1.165) is 31.9 Å². The minimum atomic E-state index is -0.260. The van der Waals surface area contributed by atoms with Crippen LogP contribution in [0.2, 0.25) is 0 Å². The number of ketones is 1. The van der Waals surface area contributed by atoms with Gasteiger partial charge in [0.15, 0.2) is 5.78 Å². The molecule has 1 saturated heterocycles. The van der Waals surface area contributed by atoms with Crippen molar-refractivity contribution < 1.29 is 14.7 Å². The fourth-order valence-electron chi connectivity index (χ4n) is 3.28. The van der Waals surface area contributed by atoms with E-state index in [-0.39, 0.29) is 23.5 Å². The summed E-state index contributed by atoms with van der Waals surface area (Å²) in [6.45, 7) is 6.41. The topological polar surface area (TPSA) is 72.9 Å². The van der Waals surface area contributed by atoms with Gasteiger partial charge in [0.1, 0.15) is 5.75 Å². The van der Waals surface area contributed by atoms with Crippen LogP contribution in [-0.2, 0) is 4.79 Å². The highest BCUT2D eigenvalue weighted by Crippen LogP contribution is 2.27. The van der Waals surface area contributed by atoms with Gasteiger partial charge in [0.05, 0.1) is 11.7 Å². The van der Waals surface area contributed by atoms with Gasteiger partial charge in [-0.1, -0.05) is 12.1 Å². The van der Waals surface area contributed by atoms with Crippen molar-refractivity contribution in [3.05, 3.63) is 54.1 Å². The van der Waals surface area contributed by atoms with E-state index in [2.05, 4.69) is 15.1 Å². The number of anilines is 2. The smallest absolute Gasteiger partial charge is 0.241 e. The normalized spacial score (nSPS) is 16.0. The number of piperazine rings is 1. The van der Waals surface area contributed by atoms with Crippen LogP contribution in [-0.4, -0.2) is 53.9 Å². The lowest BCUT2D eigenvalue weighted by Crippen LogP contribution is -2.52. The van der Waals surface area contributed by atoms with Gasteiger partial charge in [-0.25, -0.2) is 0 Å². The molecule has 6 heteroatoms. The summed E-state index contributed by atoms with van der Waals surface area (Å²) in [7, 11) is 0. The maximum atomic E-state index is 12.6. The van der Waals surface area contributed by atoms with E-state index in [1.54, 1.807) is 30.3 Å². The standard InChI is InChI=1S/C21H25N3O3/c1-15(21(27)22-18-9-7-17(8-10-18)16(2)25)23-11-13-24(14-12-23)19-5-3-4-6-20(19)26/h3-10,15,26H,11-14H2,1-2H3,(H,22,27)/t15-/m1/s1. The van der Waals surface area contributed by atoms with Crippen molar-refractivity contribution in [1.82, 2.24) is 4.90 Å². The molecular weight excluding hydrogens is 342 g/mol. The van der Waals surface area contributed by atoms with Crippen molar-refractivity contribution >= 4 is 23.1 Å². The Morgan fingerprint density at radius 1 is 1.00 bits per heavy atom. The van der Waals surface area contributed by atoms with Crippen molar-refractivity contribution in [1.29, 1.82) is 0 Å². The molecule has 0 aliphatic carbocycles. The van der Waals surface area contributed by atoms with E-state index in [4.69, 9.17) is 0 Å². The highest BCUT2D eigenvalue weighted by Gasteiger charge is 2.26. The number of Topliss-reactive ketones (excluding diaryl/α,β-unsaturated/α-hetero) is 1. The van der Waals surface area contributed by atoms with Crippen molar-refractivity contribution in [2.24, 2.45) is 0 Å². The second kappa shape index (κ2) is 8.22. The predicted octanol–water partition coefficient (Wildman–Crippen LogP) is 2.74. The summed E-state index contributed by atoms with van der Waals surface area (Å²) in [6, 6.07) is 14.0. The molecule has 0 aromatic heterocycles. The molecule has 1 atom stereocenters. The zero-order chi connectivity index (χ0) is 19.4. The number of phenolic OH excluding ortho intramolecular Hbond substituents is 1. The van der Waals surface area contributed by atoms with Crippen LogP contribution in [0.4, 0.5) is 11.4 Å². The molecule has 1 amide bonds. The average Bonchev–Trinajstić information content (AvgIpc) is 2.68. The third-order valence-electron chi connectivity index (χ3n) is 5.02. The number of nitrogens with zero attached hydrogens (tertiary/aromatic N) is 2. The molecule has 6 nitrogen and oxygen atoms in total. The molecule has 1 aliphatic heterocycles. The van der Waals surface area contributed by atoms with E-state index in [0.29, 0.717) is 11.3 Å². The van der Waals surface area contributed by atoms with E-state index in [1.165, 1.54) is 6.92 Å². The summed E-state index contributed by atoms with van der Waals surface area (Å²) in [6.07, 6.45) is 0. The molecule has 2 aromatic carbocycles. The van der Waals surface area contributed by atoms with Gasteiger partial charge in [-0.15, -0.1) is 0 Å². The zero-order valence-corrected chi connectivity index (χ0v) is 15.7. The lowest BCUT2D eigenvalue weighted by Gasteiger charge is -2.38. The third-order valence-corrected chi connectivity index (χ3v) is 5.02. The van der Waals surface area contributed by atoms with Crippen molar-refractivity contribution in [3.8, 4) is 5.75 Å². The molecule has 0 bridgehead atoms. The van der Waals surface area contributed by atoms with E-state index in [1.807, 2.05) is 25.1 Å². The van der Waals surface area contributed by atoms with Crippen molar-refractivity contribution in [2.45, 2.75) is 19.9 Å². The van der Waals surface area contributed by atoms with Gasteiger partial charge >= 0.3 is 0 Å². The maximum Gasteiger partial charge on any atom is 0.241 e. The predicted molar refractivity (Wildman–Crippen MR) is 106 cm³/mol. The maximum absolute atomic E-state index is 12.6. The SMILES string of the molecule is CC(=O)c1ccc(NC(=O)[C@@H](C)N2CCN(c3ccccc3O)CC2)cc1. The number of rotatable bonds is 5. The van der Waals surface area contributed by atoms with Crippen LogP contribution in [0.1, 0.15) is 24.2 Å². The molecule has 0 spiro atoms. The summed E-state index contributed by atoms with van der Waals surface area (Å²) in [5.74, 6) is 0.218. The number of benzene rings is 2. The Balaban J connectivity index is 1.55. The number of phenols is 1. The first-order chi connectivity index (χ1) is 13.0. The van der Waals surface area contributed by atoms with Crippen LogP contribution in [0, 0.1) is 0 Å². The molecule has 1 heterocycles. The average molecular weight is 367 g/mol. The number of nitrogens with one attached hydrogen (secondary N) is 1. The summed E-state index contributed by atoms with van der Waals surface area (Å²) < 4.78 is 0. The first kappa shape index (κ1) is 18.9. The lowest BCUT2D eigenvalue weighted by atomic mass is 10.1. The van der Waals surface area contributed by atoms with Gasteiger partial charge in [-0.2, -0.15) is 0 Å². The molecule has 1 fully saturated rings. The Morgan fingerprint density at radius 2 is 1.63 bits per heavy atom. The molecule has 2 N–H and O–H groups in total. The minimum Gasteiger partial charge on any atom is -0.506 e. The highest BCUT2D eigenvalue weighted by molar-refractivity contribution is 5.97. The number of hydrogen-bond donors (Lipinski definition) is 2. The van der Waals surface area contributed by atoms with Crippen LogP contribution < -0.4 is 10.2 Å². The Morgan fingerprint density at radius 3 is 2.22 bits per heavy atom. The van der Waals surface area contributed by atoms with Gasteiger partial charge in [0, 0.05) is 37.4 Å². The monoisotopic (exact) mass is 367 g/mol. The number of carbonyl (C=O) groups is 2. The van der Waals surface area contributed by atoms with E-state index >= 15 is 0 Å². The van der Waals surface area contributed by atoms with Gasteiger partial charge in [0.25, 0.3) is 0 Å². The zero-order valence-electron chi connectivity index (χ0n) is 15.7. The number of amides is 1. The summed E-state index contributed by atoms with van der Waals surface area (Å²) >= 11 is 0. The molecule has 142 valence electrons. The molecule has 3 rings (SSSR count). The van der Waals surface area contributed by atoms with Gasteiger partial charge in [-0.05, 0) is 50.2 Å². The van der Waals surface area contributed by atoms with Crippen LogP contribution in [0.15, 0.2) is 48.5 Å². The van der Waals surface area contributed by atoms with Crippen molar-refractivity contribution in [3.63, 3.8) is 0 Å². The van der Waals surface area contributed by atoms with Gasteiger partial charge in [0.2, 0.25) is 5.91 Å². The van der Waals surface area contributed by atoms with Crippen LogP contribution in [0.5, 0.6) is 5.75 Å². The number of aromatic hydroxyl groups is 1. The first-order valence-electron chi connectivity index (χ1n) is 9.14. The quantitative estimate of drug-likeness (QED) is 0.795. The second-order valence-electron chi connectivity index (χ2n) is 6.81. The molecule has 27 heavy (non-hydrogen) atoms. The third kappa shape index (κ3) is 4.46. The summed E-state index contributed by atoms with van der Waals surface area (Å²) in [5, 5.41) is 12.9. The van der Waals surface area contributed by atoms with E-state index < -0.39 is 0 Å². The first-order valence-corrected chi connectivity index (χ1v) is 9.14. The fraction of sp³-hybridized carbons (Fsp3) is 0.333. The lowest BCUT2D eigenvalue weighted by molar-refractivity contribution is -0.120. The van der Waals surface area contributed by atoms with Gasteiger partial charge < -0.3 is 15.3 Å². The molecule has 0 saturated carbocycles. The molecular formula is C21H25N3O3. The highest BCUT2D eigenvalue weighted by atomic mass is 16.3. The molecule has 0 radical (unpaired) electrons. The Labute approximate surface area is 159 Å². The van der Waals surface area contributed by atoms with Gasteiger partial charge in [-0.3, -0.25) is 14.5 Å². The number of hydrogen-bond acceptors (Lipinski definition) is 5. The molecule has 0 unspecified atom stereocenters. The Hall–Kier alpha value is -2.86. The van der Waals surface area contributed by atoms with Crippen LogP contribution in [0.3, 0.4) is 0 Å². The summed E-state index contributed by atoms with van der Waals surface area (Å²) in [5.41, 5.74) is 2.14. The number of carbonyl (C=O) groups excluding carboxylic acids is 2. The minimum absolute atomic E-state index is 0.00330. The fourth-order valence-corrected chi connectivity index (χ4v) is 3.28. The molecule has 2 aromatic rings. The van der Waals surface area contributed by atoms with Crippen LogP contribution in [0.25, 0.3) is 0 Å². The van der Waals surface area contributed by atoms with E-state index in [9.17, 15) is 14.7 Å². The van der Waals surface area contributed by atoms with Crippen LogP contribution >= 0.6 is 0 Å². The molecule has 1 aliphatic rings. The summed E-state index contributed by atoms with van der Waals surface area (Å²) in [4.78, 5) is 28.2. The second-order valence-corrected chi connectivity index (χ2v) is 6.81. The Bertz CT molecular complexity index is 812. The Kier molecular flexibility index (Phi) is 5.76.